The average Bonchev–Trinajstić information content (AvgIpc) is 2.46. The second-order valence-corrected chi connectivity index (χ2v) is 5.19. The fourth-order valence-electron chi connectivity index (χ4n) is 2.26. The molecule has 122 valence electrons. The zero-order chi connectivity index (χ0) is 17.1. The number of halogens is 3. The van der Waals surface area contributed by atoms with Crippen molar-refractivity contribution in [3.8, 4) is 5.75 Å². The van der Waals surface area contributed by atoms with E-state index in [-0.39, 0.29) is 16.9 Å². The number of ketones is 1. The van der Waals surface area contributed by atoms with E-state index >= 15 is 0 Å². The maximum atomic E-state index is 13.4. The monoisotopic (exact) mass is 324 g/mol. The fraction of sp³-hybridized carbons (Fsp3) is 0.235. The van der Waals surface area contributed by atoms with Crippen LogP contribution in [0.25, 0.3) is 0 Å². The predicted molar refractivity (Wildman–Crippen MR) is 78.2 cm³/mol. The van der Waals surface area contributed by atoms with Gasteiger partial charge in [-0.2, -0.15) is 8.78 Å². The van der Waals surface area contributed by atoms with Gasteiger partial charge >= 0.3 is 6.61 Å². The van der Waals surface area contributed by atoms with E-state index in [9.17, 15) is 23.1 Å². The van der Waals surface area contributed by atoms with Gasteiger partial charge in [-0.25, -0.2) is 4.39 Å². The van der Waals surface area contributed by atoms with Crippen LogP contribution in [0.3, 0.4) is 0 Å². The van der Waals surface area contributed by atoms with Crippen molar-refractivity contribution < 1.29 is 27.8 Å². The molecular formula is C17H15F3O3. The largest absolute Gasteiger partial charge is 0.435 e. The Labute approximate surface area is 131 Å². The lowest BCUT2D eigenvalue weighted by molar-refractivity contribution is -0.0502. The summed E-state index contributed by atoms with van der Waals surface area (Å²) in [6.45, 7) is 0.188. The Bertz CT molecular complexity index is 709. The van der Waals surface area contributed by atoms with Crippen LogP contribution in [0.5, 0.6) is 5.75 Å². The standard InChI is InChI=1S/C17H15F3O3/c1-9-5-12(8-13(18)6-9)16(22)15(21)11-3-4-14(10(2)7-11)23-17(19)20/h3-8,16-17,22H,1-2H3. The van der Waals surface area contributed by atoms with Crippen molar-refractivity contribution in [2.75, 3.05) is 0 Å². The number of aryl methyl sites for hydroxylation is 2. The van der Waals surface area contributed by atoms with E-state index in [0.717, 1.165) is 6.07 Å². The number of ether oxygens (including phenoxy) is 1. The Hall–Kier alpha value is -2.34. The Morgan fingerprint density at radius 2 is 1.83 bits per heavy atom. The van der Waals surface area contributed by atoms with Crippen LogP contribution in [0.15, 0.2) is 36.4 Å². The molecule has 1 atom stereocenters. The van der Waals surface area contributed by atoms with E-state index in [1.807, 2.05) is 0 Å². The summed E-state index contributed by atoms with van der Waals surface area (Å²) >= 11 is 0. The number of carbonyl (C=O) groups excluding carboxylic acids is 1. The van der Waals surface area contributed by atoms with Crippen molar-refractivity contribution >= 4 is 5.78 Å². The number of aliphatic hydroxyl groups is 1. The van der Waals surface area contributed by atoms with Gasteiger partial charge in [0.25, 0.3) is 0 Å². The van der Waals surface area contributed by atoms with Crippen LogP contribution in [0.4, 0.5) is 13.2 Å². The minimum absolute atomic E-state index is 0.0485. The number of benzene rings is 2. The third kappa shape index (κ3) is 4.10. The van der Waals surface area contributed by atoms with Gasteiger partial charge in [0.15, 0.2) is 5.78 Å². The van der Waals surface area contributed by atoms with Crippen molar-refractivity contribution in [2.45, 2.75) is 26.6 Å². The molecule has 0 amide bonds. The van der Waals surface area contributed by atoms with Gasteiger partial charge in [-0.05, 0) is 60.9 Å². The van der Waals surface area contributed by atoms with E-state index in [2.05, 4.69) is 4.74 Å². The number of Topliss-reactive ketones (excluding diaryl/α,β-unsaturated/α-hetero) is 1. The topological polar surface area (TPSA) is 46.5 Å². The molecule has 0 heterocycles. The summed E-state index contributed by atoms with van der Waals surface area (Å²) < 4.78 is 42.1. The molecule has 2 rings (SSSR count). The Morgan fingerprint density at radius 3 is 2.39 bits per heavy atom. The van der Waals surface area contributed by atoms with Gasteiger partial charge in [-0.1, -0.05) is 6.07 Å². The summed E-state index contributed by atoms with van der Waals surface area (Å²) in [5, 5.41) is 10.1. The van der Waals surface area contributed by atoms with Crippen molar-refractivity contribution in [1.29, 1.82) is 0 Å². The Kier molecular flexibility index (Phi) is 5.05. The molecule has 0 aliphatic rings. The molecule has 0 bridgehead atoms. The molecule has 1 N–H and O–H groups in total. The molecule has 1 unspecified atom stereocenters. The summed E-state index contributed by atoms with van der Waals surface area (Å²) in [6, 6.07) is 7.72. The van der Waals surface area contributed by atoms with Crippen LogP contribution in [-0.4, -0.2) is 17.5 Å². The number of aliphatic hydroxyl groups excluding tert-OH is 1. The molecule has 2 aromatic carbocycles. The number of hydrogen-bond acceptors (Lipinski definition) is 3. The molecule has 0 fully saturated rings. The molecule has 2 aromatic rings. The number of alkyl halides is 2. The van der Waals surface area contributed by atoms with E-state index in [1.54, 1.807) is 6.92 Å². The maximum absolute atomic E-state index is 13.4. The zero-order valence-corrected chi connectivity index (χ0v) is 12.5. The van der Waals surface area contributed by atoms with E-state index in [1.165, 1.54) is 37.3 Å². The number of carbonyl (C=O) groups is 1. The number of rotatable bonds is 5. The first-order valence-corrected chi connectivity index (χ1v) is 6.83. The highest BCUT2D eigenvalue weighted by molar-refractivity contribution is 6.00. The molecule has 0 aliphatic heterocycles. The minimum atomic E-state index is -2.96. The molecule has 23 heavy (non-hydrogen) atoms. The molecule has 0 aliphatic carbocycles. The summed E-state index contributed by atoms with van der Waals surface area (Å²) in [5.41, 5.74) is 1.17. The smallest absolute Gasteiger partial charge is 0.387 e. The van der Waals surface area contributed by atoms with Crippen molar-refractivity contribution in [2.24, 2.45) is 0 Å². The van der Waals surface area contributed by atoms with E-state index in [0.29, 0.717) is 11.1 Å². The third-order valence-electron chi connectivity index (χ3n) is 3.30. The molecular weight excluding hydrogens is 309 g/mol. The molecule has 0 spiro atoms. The highest BCUT2D eigenvalue weighted by Crippen LogP contribution is 2.25. The number of hydrogen-bond donors (Lipinski definition) is 1. The predicted octanol–water partition coefficient (Wildman–Crippen LogP) is 3.96. The van der Waals surface area contributed by atoms with Crippen molar-refractivity contribution in [1.82, 2.24) is 0 Å². The molecule has 0 saturated heterocycles. The molecule has 0 aromatic heterocycles. The van der Waals surface area contributed by atoms with Gasteiger partial charge in [0.1, 0.15) is 17.7 Å². The zero-order valence-electron chi connectivity index (χ0n) is 12.5. The van der Waals surface area contributed by atoms with Gasteiger partial charge < -0.3 is 9.84 Å². The lowest BCUT2D eigenvalue weighted by Gasteiger charge is -2.13. The normalized spacial score (nSPS) is 12.3. The van der Waals surface area contributed by atoms with E-state index < -0.39 is 24.3 Å². The molecule has 6 heteroatoms. The van der Waals surface area contributed by atoms with Gasteiger partial charge in [0.05, 0.1) is 0 Å². The summed E-state index contributed by atoms with van der Waals surface area (Å²) in [4.78, 5) is 12.3. The second-order valence-electron chi connectivity index (χ2n) is 5.19. The minimum Gasteiger partial charge on any atom is -0.435 e. The van der Waals surface area contributed by atoms with Gasteiger partial charge in [-0.15, -0.1) is 0 Å². The SMILES string of the molecule is Cc1cc(F)cc(C(O)C(=O)c2ccc(OC(F)F)c(C)c2)c1. The lowest BCUT2D eigenvalue weighted by Crippen LogP contribution is -2.13. The highest BCUT2D eigenvalue weighted by Gasteiger charge is 2.21. The van der Waals surface area contributed by atoms with Crippen LogP contribution in [0.1, 0.15) is 33.2 Å². The molecule has 0 radical (unpaired) electrons. The van der Waals surface area contributed by atoms with Gasteiger partial charge in [0.2, 0.25) is 0 Å². The summed E-state index contributed by atoms with van der Waals surface area (Å²) in [7, 11) is 0. The van der Waals surface area contributed by atoms with Gasteiger partial charge in [-0.3, -0.25) is 4.79 Å². The van der Waals surface area contributed by atoms with Crippen LogP contribution in [0.2, 0.25) is 0 Å². The molecule has 3 nitrogen and oxygen atoms in total. The Balaban J connectivity index is 2.27. The summed E-state index contributed by atoms with van der Waals surface area (Å²) in [6.07, 6.45) is -1.54. The van der Waals surface area contributed by atoms with Crippen LogP contribution in [-0.2, 0) is 0 Å². The first kappa shape index (κ1) is 17.0. The quantitative estimate of drug-likeness (QED) is 0.847. The van der Waals surface area contributed by atoms with Crippen molar-refractivity contribution in [3.05, 3.63) is 64.5 Å². The summed E-state index contributed by atoms with van der Waals surface area (Å²) in [5.74, 6) is -1.25. The maximum Gasteiger partial charge on any atom is 0.387 e. The van der Waals surface area contributed by atoms with Crippen LogP contribution in [0, 0.1) is 19.7 Å². The van der Waals surface area contributed by atoms with Crippen LogP contribution < -0.4 is 4.74 Å². The first-order valence-electron chi connectivity index (χ1n) is 6.83. The third-order valence-corrected chi connectivity index (χ3v) is 3.30. The fourth-order valence-corrected chi connectivity index (χ4v) is 2.26. The second kappa shape index (κ2) is 6.83. The lowest BCUT2D eigenvalue weighted by atomic mass is 9.97. The highest BCUT2D eigenvalue weighted by atomic mass is 19.3. The van der Waals surface area contributed by atoms with Crippen LogP contribution >= 0.6 is 0 Å². The van der Waals surface area contributed by atoms with E-state index in [4.69, 9.17) is 0 Å². The first-order chi connectivity index (χ1) is 10.8. The van der Waals surface area contributed by atoms with Crippen molar-refractivity contribution in [3.63, 3.8) is 0 Å². The molecule has 0 saturated carbocycles. The Morgan fingerprint density at radius 1 is 1.13 bits per heavy atom. The average molecular weight is 324 g/mol. The van der Waals surface area contributed by atoms with Gasteiger partial charge in [0, 0.05) is 5.56 Å².